The fourth-order valence-electron chi connectivity index (χ4n) is 2.91. The van der Waals surface area contributed by atoms with Gasteiger partial charge in [0.15, 0.2) is 5.60 Å². The van der Waals surface area contributed by atoms with Gasteiger partial charge in [-0.2, -0.15) is 0 Å². The van der Waals surface area contributed by atoms with Crippen LogP contribution in [0.5, 0.6) is 0 Å². The molecule has 0 fully saturated rings. The van der Waals surface area contributed by atoms with E-state index in [0.717, 1.165) is 32.1 Å². The number of allylic oxidation sites excluding steroid dienone is 2. The lowest BCUT2D eigenvalue weighted by atomic mass is 9.87. The van der Waals surface area contributed by atoms with Crippen molar-refractivity contribution < 1.29 is 19.4 Å². The molecule has 0 heterocycles. The van der Waals surface area contributed by atoms with Crippen molar-refractivity contribution in [2.45, 2.75) is 76.7 Å². The van der Waals surface area contributed by atoms with Gasteiger partial charge in [-0.05, 0) is 31.4 Å². The van der Waals surface area contributed by atoms with Crippen LogP contribution < -0.4 is 0 Å². The molecule has 23 heavy (non-hydrogen) atoms. The molecule has 1 N–H and O–H groups in total. The summed E-state index contributed by atoms with van der Waals surface area (Å²) in [6.45, 7) is 1.64. The molecule has 1 aliphatic rings. The van der Waals surface area contributed by atoms with Crippen molar-refractivity contribution in [1.29, 1.82) is 0 Å². The number of aliphatic hydroxyl groups excluding tert-OH is 1. The molecule has 0 radical (unpaired) electrons. The third kappa shape index (κ3) is 7.60. The molecule has 1 unspecified atom stereocenters. The maximum atomic E-state index is 12.1. The quantitative estimate of drug-likeness (QED) is 0.437. The zero-order chi connectivity index (χ0) is 17.0. The minimum absolute atomic E-state index is 0.140. The van der Waals surface area contributed by atoms with Crippen LogP contribution >= 0.6 is 0 Å². The van der Waals surface area contributed by atoms with E-state index in [2.05, 4.69) is 0 Å². The van der Waals surface area contributed by atoms with Gasteiger partial charge in [0.2, 0.25) is 5.78 Å². The molecule has 0 saturated carbocycles. The van der Waals surface area contributed by atoms with Gasteiger partial charge >= 0.3 is 5.97 Å². The number of ketones is 1. The van der Waals surface area contributed by atoms with Gasteiger partial charge in [-0.1, -0.05) is 57.1 Å². The molecule has 1 rings (SSSR count). The number of rotatable bonds is 12. The molecule has 0 aromatic carbocycles. The van der Waals surface area contributed by atoms with Crippen molar-refractivity contribution >= 4 is 11.8 Å². The van der Waals surface area contributed by atoms with E-state index in [-0.39, 0.29) is 5.78 Å². The molecule has 0 spiro atoms. The minimum atomic E-state index is -1.08. The third-order valence-electron chi connectivity index (χ3n) is 4.17. The largest absolute Gasteiger partial charge is 0.447 e. The van der Waals surface area contributed by atoms with Crippen LogP contribution in [0.2, 0.25) is 0 Å². The van der Waals surface area contributed by atoms with E-state index in [0.29, 0.717) is 13.0 Å². The number of aliphatic hydroxyl groups is 1. The number of hydrogen-bond acceptors (Lipinski definition) is 4. The van der Waals surface area contributed by atoms with Gasteiger partial charge in [-0.25, -0.2) is 0 Å². The van der Waals surface area contributed by atoms with E-state index in [4.69, 9.17) is 9.84 Å². The Bertz CT molecular complexity index is 425. The number of ether oxygens (including phenoxy) is 1. The first-order chi connectivity index (χ1) is 11.1. The zero-order valence-corrected chi connectivity index (χ0v) is 14.3. The Morgan fingerprint density at radius 2 is 1.57 bits per heavy atom. The summed E-state index contributed by atoms with van der Waals surface area (Å²) in [5.74, 6) is -0.555. The van der Waals surface area contributed by atoms with E-state index < -0.39 is 11.6 Å². The SMILES string of the molecule is CC(=O)OC1(CCCCCCCCCCCO)C=CC=CC1=O. The Balaban J connectivity index is 2.19. The Kier molecular flexibility index (Phi) is 9.53. The normalized spacial score (nSPS) is 20.0. The lowest BCUT2D eigenvalue weighted by molar-refractivity contribution is -0.159. The highest BCUT2D eigenvalue weighted by molar-refractivity contribution is 6.01. The van der Waals surface area contributed by atoms with E-state index in [9.17, 15) is 9.59 Å². The van der Waals surface area contributed by atoms with Crippen molar-refractivity contribution in [3.63, 3.8) is 0 Å². The average Bonchev–Trinajstić information content (AvgIpc) is 2.51. The predicted molar refractivity (Wildman–Crippen MR) is 91.0 cm³/mol. The Morgan fingerprint density at radius 1 is 1.00 bits per heavy atom. The van der Waals surface area contributed by atoms with Gasteiger partial charge in [0, 0.05) is 13.5 Å². The molecular formula is C19H30O4. The summed E-state index contributed by atoms with van der Waals surface area (Å²) in [6.07, 6.45) is 17.1. The van der Waals surface area contributed by atoms with Crippen LogP contribution in [0.25, 0.3) is 0 Å². The molecular weight excluding hydrogens is 292 g/mol. The first-order valence-corrected chi connectivity index (χ1v) is 8.81. The average molecular weight is 322 g/mol. The molecule has 0 bridgehead atoms. The molecule has 1 aliphatic carbocycles. The monoisotopic (exact) mass is 322 g/mol. The van der Waals surface area contributed by atoms with Gasteiger partial charge in [0.25, 0.3) is 0 Å². The van der Waals surface area contributed by atoms with Crippen molar-refractivity contribution in [3.8, 4) is 0 Å². The van der Waals surface area contributed by atoms with Gasteiger partial charge in [0.05, 0.1) is 0 Å². The van der Waals surface area contributed by atoms with Crippen molar-refractivity contribution in [2.24, 2.45) is 0 Å². The molecule has 0 aromatic heterocycles. The number of hydrogen-bond donors (Lipinski definition) is 1. The van der Waals surface area contributed by atoms with E-state index in [1.807, 2.05) is 0 Å². The fraction of sp³-hybridized carbons (Fsp3) is 0.684. The van der Waals surface area contributed by atoms with Crippen molar-refractivity contribution in [1.82, 2.24) is 0 Å². The first-order valence-electron chi connectivity index (χ1n) is 8.81. The lowest BCUT2D eigenvalue weighted by Crippen LogP contribution is -2.41. The zero-order valence-electron chi connectivity index (χ0n) is 14.3. The van der Waals surface area contributed by atoms with Crippen LogP contribution in [-0.2, 0) is 14.3 Å². The molecule has 1 atom stereocenters. The topological polar surface area (TPSA) is 63.6 Å². The predicted octanol–water partition coefficient (Wildman–Crippen LogP) is 3.88. The van der Waals surface area contributed by atoms with Crippen molar-refractivity contribution in [2.75, 3.05) is 6.61 Å². The van der Waals surface area contributed by atoms with Crippen LogP contribution in [0, 0.1) is 0 Å². The number of carbonyl (C=O) groups is 2. The van der Waals surface area contributed by atoms with Crippen LogP contribution in [0.1, 0.15) is 71.1 Å². The van der Waals surface area contributed by atoms with Crippen molar-refractivity contribution in [3.05, 3.63) is 24.3 Å². The molecule has 4 nitrogen and oxygen atoms in total. The Hall–Kier alpha value is -1.42. The summed E-state index contributed by atoms with van der Waals surface area (Å²) >= 11 is 0. The smallest absolute Gasteiger partial charge is 0.303 e. The molecule has 0 saturated heterocycles. The Labute approximate surface area is 139 Å². The number of unbranched alkanes of at least 4 members (excludes halogenated alkanes) is 8. The minimum Gasteiger partial charge on any atom is -0.447 e. The summed E-state index contributed by atoms with van der Waals surface area (Å²) in [6, 6.07) is 0. The van der Waals surface area contributed by atoms with E-state index >= 15 is 0 Å². The van der Waals surface area contributed by atoms with Crippen LogP contribution in [0.4, 0.5) is 0 Å². The molecule has 0 aromatic rings. The summed E-state index contributed by atoms with van der Waals surface area (Å²) in [5, 5.41) is 8.70. The van der Waals surface area contributed by atoms with Crippen LogP contribution in [-0.4, -0.2) is 29.1 Å². The van der Waals surface area contributed by atoms with Gasteiger partial charge in [-0.15, -0.1) is 0 Å². The third-order valence-corrected chi connectivity index (χ3v) is 4.17. The Morgan fingerprint density at radius 3 is 2.09 bits per heavy atom. The summed E-state index contributed by atoms with van der Waals surface area (Å²) < 4.78 is 5.33. The second kappa shape index (κ2) is 11.2. The van der Waals surface area contributed by atoms with E-state index in [1.54, 1.807) is 18.2 Å². The molecule has 0 amide bonds. The standard InChI is InChI=1S/C19H30O4/c1-17(21)23-19(15-11-9-13-18(19)22)14-10-7-5-3-2-4-6-8-12-16-20/h9,11,13,15,20H,2-8,10,12,14,16H2,1H3. The maximum Gasteiger partial charge on any atom is 0.303 e. The summed E-state index contributed by atoms with van der Waals surface area (Å²) in [4.78, 5) is 23.4. The maximum absolute atomic E-state index is 12.1. The fourth-order valence-corrected chi connectivity index (χ4v) is 2.91. The number of esters is 1. The van der Waals surface area contributed by atoms with Gasteiger partial charge < -0.3 is 9.84 Å². The summed E-state index contributed by atoms with van der Waals surface area (Å²) in [7, 11) is 0. The first kappa shape index (κ1) is 19.6. The van der Waals surface area contributed by atoms with Crippen LogP contribution in [0.15, 0.2) is 24.3 Å². The van der Waals surface area contributed by atoms with Gasteiger partial charge in [0.1, 0.15) is 0 Å². The number of carbonyl (C=O) groups excluding carboxylic acids is 2. The highest BCUT2D eigenvalue weighted by atomic mass is 16.6. The lowest BCUT2D eigenvalue weighted by Gasteiger charge is -2.29. The molecule has 4 heteroatoms. The highest BCUT2D eigenvalue weighted by Crippen LogP contribution is 2.27. The summed E-state index contributed by atoms with van der Waals surface area (Å²) in [5.41, 5.74) is -1.08. The van der Waals surface area contributed by atoms with Gasteiger partial charge in [-0.3, -0.25) is 9.59 Å². The molecule has 0 aliphatic heterocycles. The van der Waals surface area contributed by atoms with Crippen LogP contribution in [0.3, 0.4) is 0 Å². The molecule has 130 valence electrons. The second-order valence-corrected chi connectivity index (χ2v) is 6.22. The second-order valence-electron chi connectivity index (χ2n) is 6.22. The van der Waals surface area contributed by atoms with E-state index in [1.165, 1.54) is 38.7 Å². The highest BCUT2D eigenvalue weighted by Gasteiger charge is 2.37.